The molecule has 0 radical (unpaired) electrons. The fourth-order valence-corrected chi connectivity index (χ4v) is 3.70. The van der Waals surface area contributed by atoms with E-state index in [2.05, 4.69) is 40.8 Å². The van der Waals surface area contributed by atoms with Gasteiger partial charge in [0.2, 0.25) is 0 Å². The minimum atomic E-state index is -0.234. The average Bonchev–Trinajstić information content (AvgIpc) is 2.77. The van der Waals surface area contributed by atoms with E-state index in [-0.39, 0.29) is 6.61 Å². The largest absolute Gasteiger partial charge is 0.388 e. The molecular weight excluding hydrogens is 396 g/mol. The van der Waals surface area contributed by atoms with E-state index in [9.17, 15) is 5.11 Å². The molecule has 0 saturated carbocycles. The minimum absolute atomic E-state index is 0.234. The van der Waals surface area contributed by atoms with Gasteiger partial charge in [-0.2, -0.15) is 0 Å². The molecule has 0 saturated heterocycles. The topological polar surface area (TPSA) is 62.1 Å². The summed E-state index contributed by atoms with van der Waals surface area (Å²) >= 11 is 6.34. The van der Waals surface area contributed by atoms with Gasteiger partial charge in [0.1, 0.15) is 12.4 Å². The van der Waals surface area contributed by atoms with E-state index in [0.717, 1.165) is 34.5 Å². The quantitative estimate of drug-likeness (QED) is 0.439. The molecule has 152 valence electrons. The van der Waals surface area contributed by atoms with Crippen molar-refractivity contribution in [2.24, 2.45) is 5.92 Å². The Morgan fingerprint density at radius 3 is 2.50 bits per heavy atom. The van der Waals surface area contributed by atoms with Gasteiger partial charge in [0.15, 0.2) is 5.82 Å². The average molecular weight is 419 g/mol. The Morgan fingerprint density at radius 2 is 1.80 bits per heavy atom. The molecule has 2 aromatic heterocycles. The monoisotopic (exact) mass is 418 g/mol. The molecule has 6 heteroatoms. The van der Waals surface area contributed by atoms with Gasteiger partial charge in [-0.3, -0.25) is 4.98 Å². The summed E-state index contributed by atoms with van der Waals surface area (Å²) in [5.74, 6) is 1.58. The third kappa shape index (κ3) is 4.13. The molecule has 0 bridgehead atoms. The number of benzene rings is 2. The second-order valence-corrected chi connectivity index (χ2v) is 7.93. The Labute approximate surface area is 181 Å². The van der Waals surface area contributed by atoms with Crippen LogP contribution < -0.4 is 4.90 Å². The van der Waals surface area contributed by atoms with E-state index in [1.165, 1.54) is 0 Å². The van der Waals surface area contributed by atoms with Gasteiger partial charge in [-0.15, -0.1) is 0 Å². The number of aliphatic hydroxyl groups is 1. The molecule has 30 heavy (non-hydrogen) atoms. The first-order valence-corrected chi connectivity index (χ1v) is 10.3. The van der Waals surface area contributed by atoms with Crippen LogP contribution in [0.3, 0.4) is 0 Å². The highest BCUT2D eigenvalue weighted by atomic mass is 35.5. The van der Waals surface area contributed by atoms with E-state index in [1.54, 1.807) is 12.3 Å². The zero-order valence-corrected chi connectivity index (χ0v) is 17.7. The van der Waals surface area contributed by atoms with Gasteiger partial charge in [-0.25, -0.2) is 9.97 Å². The van der Waals surface area contributed by atoms with Gasteiger partial charge in [0, 0.05) is 29.4 Å². The van der Waals surface area contributed by atoms with Crippen LogP contribution in [0.25, 0.3) is 22.2 Å². The predicted octanol–water partition coefficient (Wildman–Crippen LogP) is 5.63. The normalized spacial score (nSPS) is 11.2. The number of aromatic nitrogens is 3. The number of halogens is 1. The number of fused-ring (bicyclic) bond motifs is 1. The molecule has 0 aliphatic heterocycles. The standard InChI is InChI=1S/C24H23ClN4O/c1-16(2)14-29(18-7-4-3-5-8-18)24-19-11-10-17(23-20(25)9-6-12-26-23)13-21(19)27-22(15-30)28-24/h3-13,16,30H,14-15H2,1-2H3. The summed E-state index contributed by atoms with van der Waals surface area (Å²) in [4.78, 5) is 15.8. The van der Waals surface area contributed by atoms with Gasteiger partial charge < -0.3 is 10.0 Å². The van der Waals surface area contributed by atoms with Crippen LogP contribution in [0, 0.1) is 5.92 Å². The van der Waals surface area contributed by atoms with Crippen LogP contribution in [-0.4, -0.2) is 26.6 Å². The zero-order valence-electron chi connectivity index (χ0n) is 17.0. The van der Waals surface area contributed by atoms with Crippen molar-refractivity contribution in [2.45, 2.75) is 20.5 Å². The molecule has 0 amide bonds. The van der Waals surface area contributed by atoms with E-state index < -0.39 is 0 Å². The molecule has 0 atom stereocenters. The molecule has 5 nitrogen and oxygen atoms in total. The molecular formula is C24H23ClN4O. The summed E-state index contributed by atoms with van der Waals surface area (Å²) in [5.41, 5.74) is 3.37. The molecule has 4 aromatic rings. The molecule has 0 unspecified atom stereocenters. The molecule has 0 aliphatic rings. The van der Waals surface area contributed by atoms with Crippen LogP contribution in [0.1, 0.15) is 19.7 Å². The lowest BCUT2D eigenvalue weighted by Gasteiger charge is -2.27. The fraction of sp³-hybridized carbons (Fsp3) is 0.208. The lowest BCUT2D eigenvalue weighted by atomic mass is 10.1. The predicted molar refractivity (Wildman–Crippen MR) is 122 cm³/mol. The zero-order chi connectivity index (χ0) is 21.1. The molecule has 2 heterocycles. The highest BCUT2D eigenvalue weighted by molar-refractivity contribution is 6.33. The molecule has 0 aliphatic carbocycles. The number of para-hydroxylation sites is 1. The van der Waals surface area contributed by atoms with Crippen LogP contribution >= 0.6 is 11.6 Å². The summed E-state index contributed by atoms with van der Waals surface area (Å²) in [6.07, 6.45) is 1.72. The van der Waals surface area contributed by atoms with Crippen molar-refractivity contribution < 1.29 is 5.11 Å². The Bertz CT molecular complexity index is 1160. The maximum atomic E-state index is 9.81. The third-order valence-corrected chi connectivity index (χ3v) is 5.07. The number of hydrogen-bond donors (Lipinski definition) is 1. The first-order chi connectivity index (χ1) is 14.6. The van der Waals surface area contributed by atoms with Crippen molar-refractivity contribution in [1.82, 2.24) is 15.0 Å². The van der Waals surface area contributed by atoms with Crippen LogP contribution in [0.5, 0.6) is 0 Å². The van der Waals surface area contributed by atoms with Gasteiger partial charge in [-0.05, 0) is 42.3 Å². The van der Waals surface area contributed by atoms with Crippen molar-refractivity contribution in [3.05, 3.63) is 77.7 Å². The number of nitrogens with zero attached hydrogens (tertiary/aromatic N) is 4. The van der Waals surface area contributed by atoms with E-state index in [0.29, 0.717) is 22.5 Å². The number of aliphatic hydroxyl groups excluding tert-OH is 1. The smallest absolute Gasteiger partial charge is 0.156 e. The maximum Gasteiger partial charge on any atom is 0.156 e. The van der Waals surface area contributed by atoms with Crippen LogP contribution in [0.15, 0.2) is 66.9 Å². The number of anilines is 2. The van der Waals surface area contributed by atoms with Gasteiger partial charge in [0.05, 0.1) is 16.2 Å². The molecule has 1 N–H and O–H groups in total. The van der Waals surface area contributed by atoms with Crippen molar-refractivity contribution in [2.75, 3.05) is 11.4 Å². The van der Waals surface area contributed by atoms with Crippen LogP contribution in [-0.2, 0) is 6.61 Å². The number of pyridine rings is 1. The van der Waals surface area contributed by atoms with Gasteiger partial charge in [0.25, 0.3) is 0 Å². The third-order valence-electron chi connectivity index (χ3n) is 4.77. The van der Waals surface area contributed by atoms with Gasteiger partial charge >= 0.3 is 0 Å². The summed E-state index contributed by atoms with van der Waals surface area (Å²) in [7, 11) is 0. The van der Waals surface area contributed by atoms with Crippen LogP contribution in [0.2, 0.25) is 5.02 Å². The second kappa shape index (κ2) is 8.78. The maximum absolute atomic E-state index is 9.81. The second-order valence-electron chi connectivity index (χ2n) is 7.53. The summed E-state index contributed by atoms with van der Waals surface area (Å²) in [5, 5.41) is 11.3. The highest BCUT2D eigenvalue weighted by Crippen LogP contribution is 2.34. The Balaban J connectivity index is 1.91. The lowest BCUT2D eigenvalue weighted by molar-refractivity contribution is 0.272. The Kier molecular flexibility index (Phi) is 5.93. The van der Waals surface area contributed by atoms with E-state index >= 15 is 0 Å². The molecule has 0 fully saturated rings. The van der Waals surface area contributed by atoms with E-state index in [4.69, 9.17) is 16.6 Å². The SMILES string of the molecule is CC(C)CN(c1ccccc1)c1nc(CO)nc2cc(-c3ncccc3Cl)ccc12. The fourth-order valence-electron chi connectivity index (χ4n) is 3.47. The van der Waals surface area contributed by atoms with Crippen molar-refractivity contribution >= 4 is 34.0 Å². The lowest BCUT2D eigenvalue weighted by Crippen LogP contribution is -2.24. The van der Waals surface area contributed by atoms with Crippen LogP contribution in [0.4, 0.5) is 11.5 Å². The number of hydrogen-bond acceptors (Lipinski definition) is 5. The van der Waals surface area contributed by atoms with Crippen molar-refractivity contribution in [3.63, 3.8) is 0 Å². The number of rotatable bonds is 6. The molecule has 0 spiro atoms. The summed E-state index contributed by atoms with van der Waals surface area (Å²) in [6.45, 7) is 4.90. The van der Waals surface area contributed by atoms with E-state index in [1.807, 2.05) is 42.5 Å². The first-order valence-electron chi connectivity index (χ1n) is 9.92. The van der Waals surface area contributed by atoms with Gasteiger partial charge in [-0.1, -0.05) is 49.7 Å². The summed E-state index contributed by atoms with van der Waals surface area (Å²) in [6, 6.07) is 19.7. The molecule has 2 aromatic carbocycles. The Hall–Kier alpha value is -3.02. The summed E-state index contributed by atoms with van der Waals surface area (Å²) < 4.78 is 0. The Morgan fingerprint density at radius 1 is 1.00 bits per heavy atom. The highest BCUT2D eigenvalue weighted by Gasteiger charge is 2.18. The molecule has 4 rings (SSSR count). The first kappa shape index (κ1) is 20.3. The van der Waals surface area contributed by atoms with Crippen molar-refractivity contribution in [3.8, 4) is 11.3 Å². The van der Waals surface area contributed by atoms with Crippen molar-refractivity contribution in [1.29, 1.82) is 0 Å². The minimum Gasteiger partial charge on any atom is -0.388 e.